The van der Waals surface area contributed by atoms with Crippen LogP contribution in [0.3, 0.4) is 0 Å². The molecule has 4 rings (SSSR count). The molecule has 0 amide bonds. The number of carbonyl (C=O) groups is 1. The minimum Gasteiger partial charge on any atom is -0.463 e. The third-order valence-electron chi connectivity index (χ3n) is 4.26. The van der Waals surface area contributed by atoms with Gasteiger partial charge in [0, 0.05) is 6.07 Å². The van der Waals surface area contributed by atoms with Gasteiger partial charge in [-0.3, -0.25) is 9.59 Å². The maximum atomic E-state index is 12.7. The molecule has 0 N–H and O–H groups in total. The van der Waals surface area contributed by atoms with Gasteiger partial charge >= 0.3 is 5.97 Å². The van der Waals surface area contributed by atoms with E-state index in [-0.39, 0.29) is 11.4 Å². The Morgan fingerprint density at radius 2 is 1.93 bits per heavy atom. The lowest BCUT2D eigenvalue weighted by Gasteiger charge is -2.06. The van der Waals surface area contributed by atoms with Gasteiger partial charge in [-0.25, -0.2) is 0 Å². The fourth-order valence-electron chi connectivity index (χ4n) is 2.85. The first-order chi connectivity index (χ1) is 13.2. The average molecular weight is 376 g/mol. The van der Waals surface area contributed by atoms with Crippen molar-refractivity contribution in [3.05, 3.63) is 87.4 Å². The molecule has 0 bridgehead atoms. The van der Waals surface area contributed by atoms with E-state index in [1.165, 1.54) is 6.26 Å². The van der Waals surface area contributed by atoms with E-state index in [0.717, 1.165) is 11.1 Å². The second-order valence-electron chi connectivity index (χ2n) is 6.11. The molecule has 134 valence electrons. The minimum atomic E-state index is -0.316. The molecule has 0 spiro atoms. The largest absolute Gasteiger partial charge is 0.463 e. The smallest absolute Gasteiger partial charge is 0.311 e. The molecule has 0 atom stereocenters. The van der Waals surface area contributed by atoms with Crippen LogP contribution in [0.5, 0.6) is 5.75 Å². The van der Waals surface area contributed by atoms with Crippen LogP contribution in [0.15, 0.2) is 80.8 Å². The number of hydrogen-bond acceptors (Lipinski definition) is 5. The second-order valence-corrected chi connectivity index (χ2v) is 6.89. The predicted octanol–water partition coefficient (Wildman–Crippen LogP) is 5.06. The van der Waals surface area contributed by atoms with E-state index >= 15 is 0 Å². The van der Waals surface area contributed by atoms with E-state index in [1.807, 2.05) is 47.2 Å². The molecule has 0 aliphatic rings. The number of fused-ring (bicyclic) bond motifs is 1. The molecule has 0 aliphatic carbocycles. The fraction of sp³-hybridized carbons (Fsp3) is 0.0909. The minimum absolute atomic E-state index is 0.113. The number of benzene rings is 2. The lowest BCUT2D eigenvalue weighted by atomic mass is 10.1. The molecule has 0 unspecified atom stereocenters. The summed E-state index contributed by atoms with van der Waals surface area (Å²) in [5, 5.41) is 4.45. The van der Waals surface area contributed by atoms with E-state index in [1.54, 1.807) is 29.5 Å². The third-order valence-corrected chi connectivity index (χ3v) is 4.99. The van der Waals surface area contributed by atoms with Gasteiger partial charge in [0.15, 0.2) is 5.43 Å². The van der Waals surface area contributed by atoms with Gasteiger partial charge in [-0.15, -0.1) is 0 Å². The van der Waals surface area contributed by atoms with Crippen LogP contribution in [0.4, 0.5) is 0 Å². The normalized spacial score (nSPS) is 10.8. The van der Waals surface area contributed by atoms with Gasteiger partial charge in [-0.05, 0) is 46.5 Å². The van der Waals surface area contributed by atoms with E-state index in [2.05, 4.69) is 0 Å². The van der Waals surface area contributed by atoms with Crippen molar-refractivity contribution in [1.29, 1.82) is 0 Å². The highest BCUT2D eigenvalue weighted by Crippen LogP contribution is 2.23. The number of esters is 1. The van der Waals surface area contributed by atoms with Crippen LogP contribution in [0, 0.1) is 0 Å². The zero-order chi connectivity index (χ0) is 18.6. The van der Waals surface area contributed by atoms with Crippen LogP contribution in [-0.4, -0.2) is 5.97 Å². The highest BCUT2D eigenvalue weighted by Gasteiger charge is 2.11. The van der Waals surface area contributed by atoms with Crippen molar-refractivity contribution >= 4 is 28.3 Å². The van der Waals surface area contributed by atoms with E-state index in [0.29, 0.717) is 35.1 Å². The van der Waals surface area contributed by atoms with Gasteiger partial charge in [0.2, 0.25) is 0 Å². The Kier molecular flexibility index (Phi) is 4.85. The number of ether oxygens (including phenoxy) is 1. The molecular formula is C22H16O4S. The van der Waals surface area contributed by atoms with Crippen LogP contribution >= 0.6 is 11.3 Å². The molecule has 0 fully saturated rings. The molecule has 0 saturated carbocycles. The van der Waals surface area contributed by atoms with E-state index < -0.39 is 0 Å². The van der Waals surface area contributed by atoms with Crippen molar-refractivity contribution in [3.63, 3.8) is 0 Å². The standard InChI is InChI=1S/C22H16O4S/c23-21(9-6-15-10-11-27-14-15)26-17-7-8-18-20(12-17)25-13-19(22(18)24)16-4-2-1-3-5-16/h1-5,7-8,10-14H,6,9H2. The Morgan fingerprint density at radius 3 is 2.70 bits per heavy atom. The quantitative estimate of drug-likeness (QED) is 0.361. The summed E-state index contributed by atoms with van der Waals surface area (Å²) >= 11 is 1.60. The summed E-state index contributed by atoms with van der Waals surface area (Å²) in [6, 6.07) is 16.2. The Morgan fingerprint density at radius 1 is 1.07 bits per heavy atom. The lowest BCUT2D eigenvalue weighted by molar-refractivity contribution is -0.134. The molecule has 4 nitrogen and oxygen atoms in total. The van der Waals surface area contributed by atoms with Crippen LogP contribution in [0.2, 0.25) is 0 Å². The first kappa shape index (κ1) is 17.2. The summed E-state index contributed by atoms with van der Waals surface area (Å²) < 4.78 is 11.0. The van der Waals surface area contributed by atoms with Crippen LogP contribution in [-0.2, 0) is 11.2 Å². The first-order valence-electron chi connectivity index (χ1n) is 8.53. The maximum Gasteiger partial charge on any atom is 0.311 e. The SMILES string of the molecule is O=C(CCc1ccsc1)Oc1ccc2c(=O)c(-c3ccccc3)coc2c1. The monoisotopic (exact) mass is 376 g/mol. The Labute approximate surface area is 159 Å². The molecular weight excluding hydrogens is 360 g/mol. The topological polar surface area (TPSA) is 56.5 Å². The van der Waals surface area contributed by atoms with Gasteiger partial charge in [0.25, 0.3) is 0 Å². The molecule has 0 saturated heterocycles. The van der Waals surface area contributed by atoms with Gasteiger partial charge in [-0.2, -0.15) is 11.3 Å². The molecule has 4 aromatic rings. The molecule has 2 aromatic carbocycles. The van der Waals surface area contributed by atoms with Crippen LogP contribution in [0.25, 0.3) is 22.1 Å². The maximum absolute atomic E-state index is 12.7. The Bertz CT molecular complexity index is 1130. The molecule has 2 aromatic heterocycles. The zero-order valence-corrected chi connectivity index (χ0v) is 15.2. The first-order valence-corrected chi connectivity index (χ1v) is 9.48. The van der Waals surface area contributed by atoms with Crippen molar-refractivity contribution < 1.29 is 13.9 Å². The molecule has 0 radical (unpaired) electrons. The van der Waals surface area contributed by atoms with Crippen LogP contribution in [0.1, 0.15) is 12.0 Å². The van der Waals surface area contributed by atoms with Crippen LogP contribution < -0.4 is 10.2 Å². The zero-order valence-electron chi connectivity index (χ0n) is 14.4. The number of thiophene rings is 1. The molecule has 2 heterocycles. The Balaban J connectivity index is 1.54. The molecule has 27 heavy (non-hydrogen) atoms. The van der Waals surface area contributed by atoms with Gasteiger partial charge in [0.1, 0.15) is 17.6 Å². The predicted molar refractivity (Wildman–Crippen MR) is 106 cm³/mol. The van der Waals surface area contributed by atoms with Crippen molar-refractivity contribution in [3.8, 4) is 16.9 Å². The molecule has 0 aliphatic heterocycles. The van der Waals surface area contributed by atoms with Crippen molar-refractivity contribution in [1.82, 2.24) is 0 Å². The average Bonchev–Trinajstić information content (AvgIpc) is 3.21. The van der Waals surface area contributed by atoms with Crippen molar-refractivity contribution in [2.75, 3.05) is 0 Å². The number of hydrogen-bond donors (Lipinski definition) is 0. The summed E-state index contributed by atoms with van der Waals surface area (Å²) in [6.45, 7) is 0. The summed E-state index contributed by atoms with van der Waals surface area (Å²) in [5.74, 6) is 0.0530. The van der Waals surface area contributed by atoms with Crippen molar-refractivity contribution in [2.24, 2.45) is 0 Å². The lowest BCUT2D eigenvalue weighted by Crippen LogP contribution is -2.09. The summed E-state index contributed by atoms with van der Waals surface area (Å²) in [5.41, 5.74) is 2.70. The second kappa shape index (κ2) is 7.60. The van der Waals surface area contributed by atoms with Gasteiger partial charge in [0.05, 0.1) is 17.4 Å². The summed E-state index contributed by atoms with van der Waals surface area (Å²) in [6.07, 6.45) is 2.39. The number of rotatable bonds is 5. The number of aryl methyl sites for hydroxylation is 1. The molecule has 5 heteroatoms. The van der Waals surface area contributed by atoms with E-state index in [4.69, 9.17) is 9.15 Å². The van der Waals surface area contributed by atoms with Gasteiger partial charge in [-0.1, -0.05) is 30.3 Å². The number of carbonyl (C=O) groups excluding carboxylic acids is 1. The van der Waals surface area contributed by atoms with Crippen molar-refractivity contribution in [2.45, 2.75) is 12.8 Å². The van der Waals surface area contributed by atoms with Gasteiger partial charge < -0.3 is 9.15 Å². The fourth-order valence-corrected chi connectivity index (χ4v) is 3.56. The summed E-state index contributed by atoms with van der Waals surface area (Å²) in [7, 11) is 0. The highest BCUT2D eigenvalue weighted by atomic mass is 32.1. The highest BCUT2D eigenvalue weighted by molar-refractivity contribution is 7.07. The van der Waals surface area contributed by atoms with E-state index in [9.17, 15) is 9.59 Å². The summed E-state index contributed by atoms with van der Waals surface area (Å²) in [4.78, 5) is 24.8. The third kappa shape index (κ3) is 3.83. The Hall–Kier alpha value is -3.18.